The summed E-state index contributed by atoms with van der Waals surface area (Å²) >= 11 is 0. The van der Waals surface area contributed by atoms with Crippen molar-refractivity contribution in [2.75, 3.05) is 20.2 Å². The monoisotopic (exact) mass is 435 g/mol. The minimum atomic E-state index is -1.15. The number of nitrogens with one attached hydrogen (secondary N) is 1. The third-order valence-corrected chi connectivity index (χ3v) is 5.70. The molecular weight excluding hydrogens is 415 g/mol. The number of amides is 2. The van der Waals surface area contributed by atoms with Gasteiger partial charge in [0, 0.05) is 43.5 Å². The average Bonchev–Trinajstić information content (AvgIpc) is 2.95. The van der Waals surface area contributed by atoms with Crippen LogP contribution in [0.3, 0.4) is 0 Å². The molecule has 2 aliphatic rings. The molecule has 0 unspecified atom stereocenters. The van der Waals surface area contributed by atoms with Crippen LogP contribution in [-0.2, 0) is 6.54 Å². The number of hydrogen-bond acceptors (Lipinski definition) is 4. The van der Waals surface area contributed by atoms with Crippen molar-refractivity contribution in [1.82, 2.24) is 14.8 Å². The van der Waals surface area contributed by atoms with Crippen LogP contribution in [0, 0.1) is 17.5 Å². The Morgan fingerprint density at radius 1 is 1.19 bits per heavy atom. The highest BCUT2D eigenvalue weighted by Gasteiger charge is 2.36. The number of rotatable bonds is 4. The van der Waals surface area contributed by atoms with Gasteiger partial charge in [0.1, 0.15) is 23.0 Å². The molecule has 31 heavy (non-hydrogen) atoms. The van der Waals surface area contributed by atoms with Gasteiger partial charge < -0.3 is 19.5 Å². The second kappa shape index (κ2) is 8.09. The first-order valence-corrected chi connectivity index (χ1v) is 9.85. The molecule has 1 fully saturated rings. The Morgan fingerprint density at radius 3 is 2.58 bits per heavy atom. The molecule has 0 spiro atoms. The number of carbonyl (C=O) groups excluding carboxylic acids is 2. The molecule has 164 valence electrons. The van der Waals surface area contributed by atoms with Crippen molar-refractivity contribution in [1.29, 1.82) is 0 Å². The van der Waals surface area contributed by atoms with Crippen molar-refractivity contribution < 1.29 is 27.5 Å². The normalized spacial score (nSPS) is 17.7. The van der Waals surface area contributed by atoms with Crippen molar-refractivity contribution in [2.45, 2.75) is 31.8 Å². The lowest BCUT2D eigenvalue weighted by Gasteiger charge is -2.34. The molecule has 2 aromatic rings. The van der Waals surface area contributed by atoms with Crippen molar-refractivity contribution in [3.05, 3.63) is 62.8 Å². The van der Waals surface area contributed by atoms with Gasteiger partial charge in [0.25, 0.3) is 11.8 Å². The van der Waals surface area contributed by atoms with Crippen LogP contribution >= 0.6 is 0 Å². The van der Waals surface area contributed by atoms with E-state index in [0.717, 1.165) is 19.3 Å². The van der Waals surface area contributed by atoms with Crippen LogP contribution in [0.2, 0.25) is 0 Å². The van der Waals surface area contributed by atoms with E-state index in [4.69, 9.17) is 4.74 Å². The number of ether oxygens (including phenoxy) is 1. The Kier molecular flexibility index (Phi) is 5.47. The number of pyridine rings is 1. The van der Waals surface area contributed by atoms with Crippen LogP contribution in [0.5, 0.6) is 5.75 Å². The zero-order chi connectivity index (χ0) is 22.3. The molecule has 2 aliphatic heterocycles. The zero-order valence-electron chi connectivity index (χ0n) is 16.7. The molecule has 4 rings (SSSR count). The van der Waals surface area contributed by atoms with E-state index in [0.29, 0.717) is 25.2 Å². The highest BCUT2D eigenvalue weighted by Crippen LogP contribution is 2.32. The number of halogens is 3. The fraction of sp³-hybridized carbons (Fsp3) is 0.381. The molecule has 1 N–H and O–H groups in total. The molecule has 1 aromatic carbocycles. The van der Waals surface area contributed by atoms with Gasteiger partial charge in [0.2, 0.25) is 5.43 Å². The topological polar surface area (TPSA) is 80.6 Å². The predicted molar refractivity (Wildman–Crippen MR) is 104 cm³/mol. The summed E-state index contributed by atoms with van der Waals surface area (Å²) in [5, 5.41) is 2.29. The lowest BCUT2D eigenvalue weighted by Crippen LogP contribution is -2.44. The minimum Gasteiger partial charge on any atom is -0.491 e. The zero-order valence-corrected chi connectivity index (χ0v) is 16.7. The maximum Gasteiger partial charge on any atom is 0.274 e. The van der Waals surface area contributed by atoms with Gasteiger partial charge in [-0.1, -0.05) is 0 Å². The summed E-state index contributed by atoms with van der Waals surface area (Å²) in [5.74, 6) is -4.85. The minimum absolute atomic E-state index is 0.0952. The van der Waals surface area contributed by atoms with Gasteiger partial charge in [-0.3, -0.25) is 14.4 Å². The van der Waals surface area contributed by atoms with Crippen molar-refractivity contribution in [2.24, 2.45) is 0 Å². The predicted octanol–water partition coefficient (Wildman–Crippen LogP) is 2.39. The molecule has 0 saturated carbocycles. The second-order valence-corrected chi connectivity index (χ2v) is 7.59. The summed E-state index contributed by atoms with van der Waals surface area (Å²) in [6.45, 7) is 0.463. The van der Waals surface area contributed by atoms with E-state index < -0.39 is 40.9 Å². The number of aromatic nitrogens is 1. The number of carbonyl (C=O) groups is 2. The van der Waals surface area contributed by atoms with Crippen LogP contribution in [0.1, 0.15) is 51.7 Å². The molecule has 1 saturated heterocycles. The molecular formula is C21H20F3N3O4. The Bertz CT molecular complexity index is 1110. The molecule has 2 amide bonds. The van der Waals surface area contributed by atoms with E-state index in [1.807, 2.05) is 0 Å². The van der Waals surface area contributed by atoms with Crippen molar-refractivity contribution >= 4 is 11.8 Å². The lowest BCUT2D eigenvalue weighted by atomic mass is 10.1. The summed E-state index contributed by atoms with van der Waals surface area (Å²) in [6.07, 6.45) is 3.78. The van der Waals surface area contributed by atoms with E-state index in [2.05, 4.69) is 5.32 Å². The Morgan fingerprint density at radius 2 is 1.90 bits per heavy atom. The average molecular weight is 435 g/mol. The Labute approximate surface area is 175 Å². The summed E-state index contributed by atoms with van der Waals surface area (Å²) in [7, 11) is 1.24. The van der Waals surface area contributed by atoms with E-state index >= 15 is 0 Å². The van der Waals surface area contributed by atoms with Crippen molar-refractivity contribution in [3.8, 4) is 5.75 Å². The fourth-order valence-electron chi connectivity index (χ4n) is 4.14. The summed E-state index contributed by atoms with van der Waals surface area (Å²) in [6, 6.07) is 0.888. The molecule has 1 atom stereocenters. The molecule has 2 bridgehead atoms. The Balaban J connectivity index is 1.70. The third kappa shape index (κ3) is 3.66. The van der Waals surface area contributed by atoms with Gasteiger partial charge >= 0.3 is 0 Å². The first-order chi connectivity index (χ1) is 14.8. The number of hydrogen-bond donors (Lipinski definition) is 1. The van der Waals surface area contributed by atoms with Crippen LogP contribution < -0.4 is 15.5 Å². The third-order valence-electron chi connectivity index (χ3n) is 5.70. The number of nitrogens with zero attached hydrogens (tertiary/aromatic N) is 2. The highest BCUT2D eigenvalue weighted by molar-refractivity contribution is 5.99. The van der Waals surface area contributed by atoms with Gasteiger partial charge in [-0.25, -0.2) is 13.2 Å². The van der Waals surface area contributed by atoms with Crippen LogP contribution in [-0.4, -0.2) is 41.5 Å². The number of methoxy groups -OCH3 is 1. The summed E-state index contributed by atoms with van der Waals surface area (Å²) in [5.41, 5.74) is -1.54. The van der Waals surface area contributed by atoms with Gasteiger partial charge in [0.05, 0.1) is 13.2 Å². The smallest absolute Gasteiger partial charge is 0.274 e. The van der Waals surface area contributed by atoms with Crippen LogP contribution in [0.15, 0.2) is 23.1 Å². The van der Waals surface area contributed by atoms with Crippen LogP contribution in [0.25, 0.3) is 0 Å². The first-order valence-electron chi connectivity index (χ1n) is 9.85. The largest absolute Gasteiger partial charge is 0.491 e. The van der Waals surface area contributed by atoms with E-state index in [1.165, 1.54) is 13.3 Å². The van der Waals surface area contributed by atoms with Crippen molar-refractivity contribution in [3.63, 3.8) is 0 Å². The molecule has 0 radical (unpaired) electrons. The van der Waals surface area contributed by atoms with Gasteiger partial charge in [-0.15, -0.1) is 0 Å². The van der Waals surface area contributed by atoms with E-state index in [9.17, 15) is 27.6 Å². The SMILES string of the molecule is COc1c2n(cc(C(=O)NCc3c(F)cc(F)cc3F)c1=O)[C@H]1CCCCN(C1)C2=O. The van der Waals surface area contributed by atoms with Gasteiger partial charge in [-0.05, 0) is 19.3 Å². The quantitative estimate of drug-likeness (QED) is 0.800. The summed E-state index contributed by atoms with van der Waals surface area (Å²) < 4.78 is 47.6. The molecule has 0 aliphatic carbocycles. The lowest BCUT2D eigenvalue weighted by molar-refractivity contribution is 0.0676. The highest BCUT2D eigenvalue weighted by atomic mass is 19.1. The first kappa shape index (κ1) is 21.0. The number of fused-ring (bicyclic) bond motifs is 4. The Hall–Kier alpha value is -3.30. The second-order valence-electron chi connectivity index (χ2n) is 7.59. The maximum atomic E-state index is 13.8. The van der Waals surface area contributed by atoms with E-state index in [-0.39, 0.29) is 29.0 Å². The summed E-state index contributed by atoms with van der Waals surface area (Å²) in [4.78, 5) is 40.2. The van der Waals surface area contributed by atoms with Crippen LogP contribution in [0.4, 0.5) is 13.2 Å². The van der Waals surface area contributed by atoms with E-state index in [1.54, 1.807) is 9.47 Å². The molecule has 7 nitrogen and oxygen atoms in total. The standard InChI is InChI=1S/C21H20F3N3O4/c1-31-19-17-21(30)26-5-3-2-4-12(9-26)27(17)10-14(18(19)28)20(29)25-8-13-15(23)6-11(22)7-16(13)24/h6-7,10,12H,2-5,8-9H2,1H3,(H,25,29)/t12-/m0/s1. The molecule has 10 heteroatoms. The van der Waals surface area contributed by atoms with Gasteiger partial charge in [0.15, 0.2) is 11.4 Å². The maximum absolute atomic E-state index is 13.8. The number of benzene rings is 1. The molecule has 3 heterocycles. The fourth-order valence-corrected chi connectivity index (χ4v) is 4.14. The van der Waals surface area contributed by atoms with Gasteiger partial charge in [-0.2, -0.15) is 0 Å². The molecule has 1 aromatic heterocycles.